The van der Waals surface area contributed by atoms with Crippen LogP contribution in [-0.4, -0.2) is 25.7 Å². The van der Waals surface area contributed by atoms with Gasteiger partial charge in [0.2, 0.25) is 0 Å². The lowest BCUT2D eigenvalue weighted by Crippen LogP contribution is -2.25. The predicted octanol–water partition coefficient (Wildman–Crippen LogP) is 3.47. The molecule has 3 aromatic heterocycles. The zero-order valence-corrected chi connectivity index (χ0v) is 15.4. The van der Waals surface area contributed by atoms with E-state index in [-0.39, 0.29) is 5.91 Å². The van der Waals surface area contributed by atoms with Gasteiger partial charge in [0.15, 0.2) is 0 Å². The van der Waals surface area contributed by atoms with E-state index in [0.717, 1.165) is 28.1 Å². The minimum Gasteiger partial charge on any atom is -0.347 e. The molecule has 1 aromatic carbocycles. The van der Waals surface area contributed by atoms with Crippen molar-refractivity contribution in [2.24, 2.45) is 7.05 Å². The van der Waals surface area contributed by atoms with Crippen molar-refractivity contribution in [1.82, 2.24) is 25.1 Å². The van der Waals surface area contributed by atoms with Gasteiger partial charge in [-0.1, -0.05) is 36.4 Å². The van der Waals surface area contributed by atoms with E-state index in [1.807, 2.05) is 54.6 Å². The second kappa shape index (κ2) is 7.84. The zero-order valence-electron chi connectivity index (χ0n) is 15.4. The zero-order chi connectivity index (χ0) is 19.3. The average Bonchev–Trinajstić information content (AvgIpc) is 3.15. The number of benzene rings is 1. The van der Waals surface area contributed by atoms with Crippen LogP contribution in [0.4, 0.5) is 0 Å². The summed E-state index contributed by atoms with van der Waals surface area (Å²) in [6.07, 6.45) is 5.20. The Hall–Kier alpha value is -3.80. The Morgan fingerprint density at radius 2 is 1.75 bits per heavy atom. The van der Waals surface area contributed by atoms with Crippen LogP contribution in [0.3, 0.4) is 0 Å². The summed E-state index contributed by atoms with van der Waals surface area (Å²) in [6, 6.07) is 19.2. The van der Waals surface area contributed by atoms with Crippen molar-refractivity contribution in [3.63, 3.8) is 0 Å². The number of pyridine rings is 2. The van der Waals surface area contributed by atoms with Gasteiger partial charge >= 0.3 is 0 Å². The van der Waals surface area contributed by atoms with Gasteiger partial charge in [0, 0.05) is 43.3 Å². The molecule has 1 amide bonds. The summed E-state index contributed by atoms with van der Waals surface area (Å²) in [4.78, 5) is 21.2. The first kappa shape index (κ1) is 17.6. The number of nitrogens with one attached hydrogen (secondary N) is 1. The van der Waals surface area contributed by atoms with Crippen LogP contribution in [0.15, 0.2) is 79.3 Å². The van der Waals surface area contributed by atoms with Crippen molar-refractivity contribution in [2.75, 3.05) is 0 Å². The van der Waals surface area contributed by atoms with E-state index in [2.05, 4.69) is 20.4 Å². The highest BCUT2D eigenvalue weighted by atomic mass is 16.2. The van der Waals surface area contributed by atoms with Crippen LogP contribution in [0.5, 0.6) is 0 Å². The molecule has 0 aliphatic rings. The van der Waals surface area contributed by atoms with Gasteiger partial charge in [-0.15, -0.1) is 0 Å². The van der Waals surface area contributed by atoms with Gasteiger partial charge in [0.05, 0.1) is 11.4 Å². The minimum atomic E-state index is -0.179. The Labute approximate surface area is 162 Å². The summed E-state index contributed by atoms with van der Waals surface area (Å²) < 4.78 is 1.60. The van der Waals surface area contributed by atoms with E-state index in [4.69, 9.17) is 0 Å². The van der Waals surface area contributed by atoms with Crippen molar-refractivity contribution >= 4 is 5.91 Å². The molecule has 3 heterocycles. The third kappa shape index (κ3) is 3.66. The summed E-state index contributed by atoms with van der Waals surface area (Å²) >= 11 is 0. The van der Waals surface area contributed by atoms with Gasteiger partial charge in [-0.3, -0.25) is 19.4 Å². The maximum atomic E-state index is 12.7. The molecule has 138 valence electrons. The maximum absolute atomic E-state index is 12.7. The van der Waals surface area contributed by atoms with E-state index in [1.54, 1.807) is 36.4 Å². The number of aryl methyl sites for hydroxylation is 1. The quantitative estimate of drug-likeness (QED) is 0.585. The Morgan fingerprint density at radius 1 is 0.964 bits per heavy atom. The minimum absolute atomic E-state index is 0.179. The van der Waals surface area contributed by atoms with Gasteiger partial charge in [0.25, 0.3) is 5.91 Å². The SMILES string of the molecule is Cn1nc(-c2ccccc2)cc1C(=O)NCc1cccnc1-c1ccncc1. The van der Waals surface area contributed by atoms with Crippen LogP contribution in [0.2, 0.25) is 0 Å². The Kier molecular flexibility index (Phi) is 4.93. The normalized spacial score (nSPS) is 10.6. The summed E-state index contributed by atoms with van der Waals surface area (Å²) in [6.45, 7) is 0.371. The first-order valence-corrected chi connectivity index (χ1v) is 8.94. The van der Waals surface area contributed by atoms with Crippen LogP contribution >= 0.6 is 0 Å². The number of hydrogen-bond donors (Lipinski definition) is 1. The maximum Gasteiger partial charge on any atom is 0.269 e. The molecule has 0 saturated carbocycles. The molecule has 28 heavy (non-hydrogen) atoms. The summed E-state index contributed by atoms with van der Waals surface area (Å²) in [5, 5.41) is 7.43. The fourth-order valence-corrected chi connectivity index (χ4v) is 3.05. The second-order valence-corrected chi connectivity index (χ2v) is 6.33. The molecule has 0 aliphatic carbocycles. The summed E-state index contributed by atoms with van der Waals surface area (Å²) in [5.74, 6) is -0.179. The molecule has 0 unspecified atom stereocenters. The van der Waals surface area contributed by atoms with Crippen LogP contribution in [0.25, 0.3) is 22.5 Å². The molecule has 4 rings (SSSR count). The molecule has 0 fully saturated rings. The van der Waals surface area contributed by atoms with Gasteiger partial charge in [0.1, 0.15) is 5.69 Å². The Morgan fingerprint density at radius 3 is 2.54 bits per heavy atom. The number of nitrogens with zero attached hydrogens (tertiary/aromatic N) is 4. The molecule has 0 spiro atoms. The third-order valence-electron chi connectivity index (χ3n) is 4.47. The molecule has 0 atom stereocenters. The van der Waals surface area contributed by atoms with Crippen LogP contribution in [-0.2, 0) is 13.6 Å². The van der Waals surface area contributed by atoms with Crippen molar-refractivity contribution in [3.8, 4) is 22.5 Å². The fraction of sp³-hybridized carbons (Fsp3) is 0.0909. The van der Waals surface area contributed by atoms with E-state index in [1.165, 1.54) is 0 Å². The largest absolute Gasteiger partial charge is 0.347 e. The van der Waals surface area contributed by atoms with Crippen molar-refractivity contribution in [3.05, 3.63) is 90.5 Å². The van der Waals surface area contributed by atoms with Crippen molar-refractivity contribution in [1.29, 1.82) is 0 Å². The van der Waals surface area contributed by atoms with Crippen molar-refractivity contribution in [2.45, 2.75) is 6.54 Å². The van der Waals surface area contributed by atoms with Gasteiger partial charge in [-0.05, 0) is 29.8 Å². The van der Waals surface area contributed by atoms with Gasteiger partial charge in [-0.25, -0.2) is 0 Å². The highest BCUT2D eigenvalue weighted by Gasteiger charge is 2.15. The lowest BCUT2D eigenvalue weighted by Gasteiger charge is -2.10. The third-order valence-corrected chi connectivity index (χ3v) is 4.47. The monoisotopic (exact) mass is 369 g/mol. The highest BCUT2D eigenvalue weighted by molar-refractivity contribution is 5.93. The molecule has 0 aliphatic heterocycles. The van der Waals surface area contributed by atoms with Crippen LogP contribution in [0.1, 0.15) is 16.1 Å². The van der Waals surface area contributed by atoms with Crippen LogP contribution < -0.4 is 5.32 Å². The molecule has 6 heteroatoms. The number of amides is 1. The molecule has 0 saturated heterocycles. The molecule has 6 nitrogen and oxygen atoms in total. The van der Waals surface area contributed by atoms with Gasteiger partial charge < -0.3 is 5.32 Å². The van der Waals surface area contributed by atoms with E-state index in [0.29, 0.717) is 12.2 Å². The number of rotatable bonds is 5. The predicted molar refractivity (Wildman–Crippen MR) is 107 cm³/mol. The lowest BCUT2D eigenvalue weighted by molar-refractivity contribution is 0.0941. The molecular weight excluding hydrogens is 350 g/mol. The lowest BCUT2D eigenvalue weighted by atomic mass is 10.1. The number of aromatic nitrogens is 4. The molecule has 1 N–H and O–H groups in total. The highest BCUT2D eigenvalue weighted by Crippen LogP contribution is 2.21. The number of carbonyl (C=O) groups is 1. The molecular formula is C22H19N5O. The standard InChI is InChI=1S/C22H19N5O/c1-27-20(14-19(26-27)16-6-3-2-4-7-16)22(28)25-15-18-8-5-11-24-21(18)17-9-12-23-13-10-17/h2-14H,15H2,1H3,(H,25,28). The summed E-state index contributed by atoms with van der Waals surface area (Å²) in [7, 11) is 1.77. The van der Waals surface area contributed by atoms with Crippen molar-refractivity contribution < 1.29 is 4.79 Å². The Balaban J connectivity index is 1.53. The molecule has 4 aromatic rings. The van der Waals surface area contributed by atoms with Gasteiger partial charge in [-0.2, -0.15) is 5.10 Å². The fourth-order valence-electron chi connectivity index (χ4n) is 3.05. The second-order valence-electron chi connectivity index (χ2n) is 6.33. The smallest absolute Gasteiger partial charge is 0.269 e. The van der Waals surface area contributed by atoms with E-state index in [9.17, 15) is 4.79 Å². The number of carbonyl (C=O) groups excluding carboxylic acids is 1. The molecule has 0 radical (unpaired) electrons. The van der Waals surface area contributed by atoms with E-state index >= 15 is 0 Å². The first-order valence-electron chi connectivity index (χ1n) is 8.94. The first-order chi connectivity index (χ1) is 13.7. The van der Waals surface area contributed by atoms with E-state index < -0.39 is 0 Å². The molecule has 0 bridgehead atoms. The average molecular weight is 369 g/mol. The topological polar surface area (TPSA) is 72.7 Å². The van der Waals surface area contributed by atoms with Crippen LogP contribution in [0, 0.1) is 0 Å². The summed E-state index contributed by atoms with van der Waals surface area (Å²) in [5.41, 5.74) is 4.99. The number of hydrogen-bond acceptors (Lipinski definition) is 4. The Bertz CT molecular complexity index is 1090.